The summed E-state index contributed by atoms with van der Waals surface area (Å²) in [5.74, 6) is 0.804. The topological polar surface area (TPSA) is 63.9 Å². The molecule has 0 aromatic carbocycles. The molecule has 1 atom stereocenters. The molecule has 0 amide bonds. The molecule has 1 heterocycles. The summed E-state index contributed by atoms with van der Waals surface area (Å²) in [4.78, 5) is 7.62. The predicted octanol–water partition coefficient (Wildman–Crippen LogP) is 1.05. The minimum Gasteiger partial charge on any atom is -0.375 e. The Bertz CT molecular complexity index is 368. The van der Waals surface area contributed by atoms with Crippen LogP contribution in [0.15, 0.2) is 0 Å². The number of halogens is 2. The Hall–Kier alpha value is -1.01. The average molecular weight is 245 g/mol. The van der Waals surface area contributed by atoms with E-state index >= 15 is 0 Å². The van der Waals surface area contributed by atoms with Crippen LogP contribution in [0.2, 0.25) is 0 Å². The minimum absolute atomic E-state index is 0.200. The number of aryl methyl sites for hydroxylation is 1. The largest absolute Gasteiger partial charge is 0.375 e. The second-order valence-corrected chi connectivity index (χ2v) is 4.33. The Labute approximate surface area is 98.6 Å². The lowest BCUT2D eigenvalue weighted by Gasteiger charge is -2.15. The maximum Gasteiger partial charge on any atom is 0.261 e. The Morgan fingerprint density at radius 1 is 1.53 bits per heavy atom. The smallest absolute Gasteiger partial charge is 0.261 e. The van der Waals surface area contributed by atoms with Crippen molar-refractivity contribution >= 4 is 0 Å². The van der Waals surface area contributed by atoms with E-state index in [1.165, 1.54) is 0 Å². The Kier molecular flexibility index (Phi) is 4.06. The highest BCUT2D eigenvalue weighted by Gasteiger charge is 2.19. The Morgan fingerprint density at radius 2 is 2.35 bits per heavy atom. The van der Waals surface area contributed by atoms with Crippen LogP contribution in [0.5, 0.6) is 0 Å². The molecule has 1 aromatic rings. The summed E-state index contributed by atoms with van der Waals surface area (Å²) in [6.45, 7) is -0.242. The fourth-order valence-corrected chi connectivity index (χ4v) is 2.03. The van der Waals surface area contributed by atoms with E-state index in [9.17, 15) is 8.78 Å². The summed E-state index contributed by atoms with van der Waals surface area (Å²) in [7, 11) is 0. The van der Waals surface area contributed by atoms with Gasteiger partial charge in [0.25, 0.3) is 6.43 Å². The summed E-state index contributed by atoms with van der Waals surface area (Å²) in [5.41, 5.74) is 8.01. The van der Waals surface area contributed by atoms with Crippen molar-refractivity contribution in [1.29, 1.82) is 0 Å². The van der Waals surface area contributed by atoms with Crippen LogP contribution in [0.25, 0.3) is 0 Å². The van der Waals surface area contributed by atoms with Gasteiger partial charge >= 0.3 is 0 Å². The molecule has 0 saturated heterocycles. The highest BCUT2D eigenvalue weighted by molar-refractivity contribution is 5.19. The number of aromatic nitrogens is 2. The predicted molar refractivity (Wildman–Crippen MR) is 59.1 cm³/mol. The molecular formula is C11H17F2N3O. The lowest BCUT2D eigenvalue weighted by atomic mass is 9.97. The molecule has 0 radical (unpaired) electrons. The highest BCUT2D eigenvalue weighted by Crippen LogP contribution is 2.18. The number of nitrogens with zero attached hydrogens (tertiary/aromatic N) is 1. The van der Waals surface area contributed by atoms with Crippen LogP contribution in [0.1, 0.15) is 23.6 Å². The van der Waals surface area contributed by atoms with Gasteiger partial charge in [-0.2, -0.15) is 0 Å². The zero-order valence-corrected chi connectivity index (χ0v) is 9.59. The first-order chi connectivity index (χ1) is 8.15. The fraction of sp³-hybridized carbons (Fsp3) is 0.727. The van der Waals surface area contributed by atoms with Gasteiger partial charge in [0, 0.05) is 24.6 Å². The number of hydrogen-bond donors (Lipinski definition) is 2. The van der Waals surface area contributed by atoms with Crippen LogP contribution < -0.4 is 5.73 Å². The number of ether oxygens (including phenoxy) is 1. The molecule has 17 heavy (non-hydrogen) atoms. The van der Waals surface area contributed by atoms with Crippen LogP contribution in [0.3, 0.4) is 0 Å². The molecule has 96 valence electrons. The third-order valence-electron chi connectivity index (χ3n) is 2.86. The molecular weight excluding hydrogens is 228 g/mol. The molecule has 0 saturated carbocycles. The molecule has 4 nitrogen and oxygen atoms in total. The van der Waals surface area contributed by atoms with Gasteiger partial charge in [-0.05, 0) is 12.8 Å². The second kappa shape index (κ2) is 5.55. The maximum atomic E-state index is 11.8. The molecule has 3 N–H and O–H groups in total. The normalized spacial score (nSPS) is 19.6. The number of H-pyrrole nitrogens is 1. The van der Waals surface area contributed by atoms with E-state index < -0.39 is 13.0 Å². The van der Waals surface area contributed by atoms with Crippen LogP contribution >= 0.6 is 0 Å². The van der Waals surface area contributed by atoms with E-state index in [4.69, 9.17) is 10.5 Å². The Morgan fingerprint density at radius 3 is 3.12 bits per heavy atom. The van der Waals surface area contributed by atoms with Crippen LogP contribution in [0, 0.1) is 0 Å². The molecule has 0 spiro atoms. The fourth-order valence-electron chi connectivity index (χ4n) is 2.03. The summed E-state index contributed by atoms with van der Waals surface area (Å²) < 4.78 is 28.5. The number of rotatable bonds is 5. The zero-order chi connectivity index (χ0) is 12.3. The molecule has 1 unspecified atom stereocenters. The van der Waals surface area contributed by atoms with Crippen molar-refractivity contribution in [3.63, 3.8) is 0 Å². The first-order valence-corrected chi connectivity index (χ1v) is 5.83. The minimum atomic E-state index is -2.40. The van der Waals surface area contributed by atoms with Crippen molar-refractivity contribution < 1.29 is 13.5 Å². The quantitative estimate of drug-likeness (QED) is 0.762. The summed E-state index contributed by atoms with van der Waals surface area (Å²) in [6.07, 6.45) is 0.803. The number of hydrogen-bond acceptors (Lipinski definition) is 3. The van der Waals surface area contributed by atoms with E-state index in [0.717, 1.165) is 36.5 Å². The number of nitrogens with one attached hydrogen (secondary N) is 1. The molecule has 2 rings (SSSR count). The van der Waals surface area contributed by atoms with Gasteiger partial charge in [0.05, 0.1) is 12.3 Å². The van der Waals surface area contributed by atoms with E-state index in [1.807, 2.05) is 0 Å². The van der Waals surface area contributed by atoms with Gasteiger partial charge < -0.3 is 15.5 Å². The van der Waals surface area contributed by atoms with E-state index in [1.54, 1.807) is 0 Å². The Balaban J connectivity index is 1.82. The molecule has 0 aliphatic heterocycles. The van der Waals surface area contributed by atoms with Gasteiger partial charge in [0.1, 0.15) is 12.4 Å². The molecule has 6 heteroatoms. The summed E-state index contributed by atoms with van der Waals surface area (Å²) in [5, 5.41) is 0. The third kappa shape index (κ3) is 3.47. The number of nitrogens with two attached hydrogens (primary N) is 1. The first kappa shape index (κ1) is 12.4. The van der Waals surface area contributed by atoms with Crippen LogP contribution in [-0.2, 0) is 24.0 Å². The molecule has 0 fully saturated rings. The lowest BCUT2D eigenvalue weighted by molar-refractivity contribution is 0.0183. The van der Waals surface area contributed by atoms with E-state index in [2.05, 4.69) is 9.97 Å². The molecule has 1 aliphatic rings. The average Bonchev–Trinajstić information content (AvgIpc) is 2.66. The van der Waals surface area contributed by atoms with Crippen molar-refractivity contribution in [3.8, 4) is 0 Å². The SMILES string of the molecule is NC1CCc2nc(CCOCC(F)F)[nH]c2C1. The highest BCUT2D eigenvalue weighted by atomic mass is 19.3. The zero-order valence-electron chi connectivity index (χ0n) is 9.59. The summed E-state index contributed by atoms with van der Waals surface area (Å²) in [6, 6.07) is 0.200. The van der Waals surface area contributed by atoms with E-state index in [0.29, 0.717) is 6.42 Å². The van der Waals surface area contributed by atoms with Crippen molar-refractivity contribution in [1.82, 2.24) is 9.97 Å². The number of alkyl halides is 2. The summed E-state index contributed by atoms with van der Waals surface area (Å²) >= 11 is 0. The molecule has 1 aliphatic carbocycles. The molecule has 1 aromatic heterocycles. The van der Waals surface area contributed by atoms with Gasteiger partial charge in [0.2, 0.25) is 0 Å². The third-order valence-corrected chi connectivity index (χ3v) is 2.86. The lowest BCUT2D eigenvalue weighted by Crippen LogP contribution is -2.27. The van der Waals surface area contributed by atoms with Crippen molar-refractivity contribution in [2.75, 3.05) is 13.2 Å². The van der Waals surface area contributed by atoms with Gasteiger partial charge in [-0.15, -0.1) is 0 Å². The van der Waals surface area contributed by atoms with Gasteiger partial charge in [-0.3, -0.25) is 0 Å². The maximum absolute atomic E-state index is 11.8. The number of fused-ring (bicyclic) bond motifs is 1. The van der Waals surface area contributed by atoms with Crippen molar-refractivity contribution in [2.45, 2.75) is 38.2 Å². The number of aromatic amines is 1. The van der Waals surface area contributed by atoms with Gasteiger partial charge in [0.15, 0.2) is 0 Å². The van der Waals surface area contributed by atoms with Crippen molar-refractivity contribution in [3.05, 3.63) is 17.2 Å². The van der Waals surface area contributed by atoms with Crippen LogP contribution in [0.4, 0.5) is 8.78 Å². The monoisotopic (exact) mass is 245 g/mol. The van der Waals surface area contributed by atoms with Gasteiger partial charge in [-0.25, -0.2) is 13.8 Å². The van der Waals surface area contributed by atoms with Crippen LogP contribution in [-0.4, -0.2) is 35.6 Å². The van der Waals surface area contributed by atoms with E-state index in [-0.39, 0.29) is 12.6 Å². The molecule has 0 bridgehead atoms. The van der Waals surface area contributed by atoms with Gasteiger partial charge in [-0.1, -0.05) is 0 Å². The second-order valence-electron chi connectivity index (χ2n) is 4.33. The first-order valence-electron chi connectivity index (χ1n) is 5.83. The number of imidazole rings is 1. The standard InChI is InChI=1S/C11H17F2N3O/c12-10(13)6-17-4-3-11-15-8-2-1-7(14)5-9(8)16-11/h7,10H,1-6,14H2,(H,15,16). The van der Waals surface area contributed by atoms with Crippen molar-refractivity contribution in [2.24, 2.45) is 5.73 Å².